The van der Waals surface area contributed by atoms with E-state index in [1.807, 2.05) is 0 Å². The first-order chi connectivity index (χ1) is 9.13. The zero-order valence-corrected chi connectivity index (χ0v) is 11.6. The predicted molar refractivity (Wildman–Crippen MR) is 74.6 cm³/mol. The molecule has 2 rings (SSSR count). The Labute approximate surface area is 122 Å². The van der Waals surface area contributed by atoms with E-state index >= 15 is 0 Å². The summed E-state index contributed by atoms with van der Waals surface area (Å²) < 4.78 is 28.4. The first-order valence-corrected chi connectivity index (χ1v) is 6.21. The van der Waals surface area contributed by atoms with Gasteiger partial charge in [0.15, 0.2) is 0 Å². The molecule has 20 heavy (non-hydrogen) atoms. The van der Waals surface area contributed by atoms with Crippen molar-refractivity contribution in [2.24, 2.45) is 0 Å². The number of alkyl halides is 2. The highest BCUT2D eigenvalue weighted by Crippen LogP contribution is 2.20. The summed E-state index contributed by atoms with van der Waals surface area (Å²) in [5.74, 6) is -0.0969. The number of benzene rings is 1. The van der Waals surface area contributed by atoms with E-state index in [1.54, 1.807) is 12.1 Å². The van der Waals surface area contributed by atoms with Gasteiger partial charge in [0.25, 0.3) is 0 Å². The van der Waals surface area contributed by atoms with Crippen molar-refractivity contribution < 1.29 is 18.3 Å². The third kappa shape index (κ3) is 5.30. The van der Waals surface area contributed by atoms with E-state index in [0.717, 1.165) is 19.4 Å². The molecule has 4 nitrogen and oxygen atoms in total. The van der Waals surface area contributed by atoms with E-state index in [2.05, 4.69) is 15.4 Å². The summed E-state index contributed by atoms with van der Waals surface area (Å²) in [5.41, 5.74) is 0.459. The quantitative estimate of drug-likeness (QED) is 0.879. The van der Waals surface area contributed by atoms with Crippen molar-refractivity contribution in [2.75, 3.05) is 11.9 Å². The molecule has 1 aromatic carbocycles. The van der Waals surface area contributed by atoms with Crippen molar-refractivity contribution in [3.8, 4) is 5.75 Å². The van der Waals surface area contributed by atoms with Crippen LogP contribution in [0.3, 0.4) is 0 Å². The van der Waals surface area contributed by atoms with Gasteiger partial charge < -0.3 is 15.4 Å². The second-order valence-electron chi connectivity index (χ2n) is 4.45. The number of hydrogen-bond donors (Lipinski definition) is 2. The Morgan fingerprint density at radius 3 is 2.95 bits per heavy atom. The molecule has 1 fully saturated rings. The van der Waals surface area contributed by atoms with Gasteiger partial charge in [0.05, 0.1) is 0 Å². The number of halogens is 3. The highest BCUT2D eigenvalue weighted by molar-refractivity contribution is 5.91. The summed E-state index contributed by atoms with van der Waals surface area (Å²) in [5, 5.41) is 5.90. The van der Waals surface area contributed by atoms with Crippen molar-refractivity contribution in [1.82, 2.24) is 5.32 Å². The standard InChI is InChI=1S/C13H16F2N2O2.ClH/c14-13(15)19-11-5-1-3-10(7-11)17-12(18)8-9-4-2-6-16-9;/h1,3,5,7,9,13,16H,2,4,6,8H2,(H,17,18);1H. The fraction of sp³-hybridized carbons (Fsp3) is 0.462. The molecule has 0 aromatic heterocycles. The highest BCUT2D eigenvalue weighted by atomic mass is 35.5. The zero-order chi connectivity index (χ0) is 13.7. The molecule has 1 amide bonds. The van der Waals surface area contributed by atoms with Gasteiger partial charge in [0.2, 0.25) is 5.91 Å². The van der Waals surface area contributed by atoms with Gasteiger partial charge >= 0.3 is 6.61 Å². The van der Waals surface area contributed by atoms with Gasteiger partial charge in [-0.05, 0) is 31.5 Å². The van der Waals surface area contributed by atoms with Crippen LogP contribution < -0.4 is 15.4 Å². The smallest absolute Gasteiger partial charge is 0.387 e. The molecule has 2 N–H and O–H groups in total. The van der Waals surface area contributed by atoms with Crippen molar-refractivity contribution in [3.05, 3.63) is 24.3 Å². The Hall–Kier alpha value is -1.40. The van der Waals surface area contributed by atoms with E-state index in [9.17, 15) is 13.6 Å². The topological polar surface area (TPSA) is 50.4 Å². The summed E-state index contributed by atoms with van der Waals surface area (Å²) in [6.45, 7) is -1.93. The molecule has 0 saturated carbocycles. The largest absolute Gasteiger partial charge is 0.435 e. The monoisotopic (exact) mass is 306 g/mol. The van der Waals surface area contributed by atoms with Gasteiger partial charge in [0, 0.05) is 24.2 Å². The Balaban J connectivity index is 0.00000200. The number of carbonyl (C=O) groups excluding carboxylic acids is 1. The molecule has 0 radical (unpaired) electrons. The Morgan fingerprint density at radius 2 is 2.30 bits per heavy atom. The SMILES string of the molecule is Cl.O=C(CC1CCCN1)Nc1cccc(OC(F)F)c1. The predicted octanol–water partition coefficient (Wildman–Crippen LogP) is 2.79. The lowest BCUT2D eigenvalue weighted by Crippen LogP contribution is -2.27. The maximum Gasteiger partial charge on any atom is 0.387 e. The molecule has 1 aliphatic heterocycles. The van der Waals surface area contributed by atoms with E-state index in [0.29, 0.717) is 12.1 Å². The van der Waals surface area contributed by atoms with E-state index in [4.69, 9.17) is 0 Å². The molecule has 1 unspecified atom stereocenters. The van der Waals surface area contributed by atoms with E-state index < -0.39 is 6.61 Å². The normalized spacial score (nSPS) is 17.6. The molecule has 1 heterocycles. The highest BCUT2D eigenvalue weighted by Gasteiger charge is 2.17. The van der Waals surface area contributed by atoms with Crippen LogP contribution in [0, 0.1) is 0 Å². The maximum absolute atomic E-state index is 12.1. The summed E-state index contributed by atoms with van der Waals surface area (Å²) in [7, 11) is 0. The Kier molecular flexibility index (Phi) is 6.67. The first kappa shape index (κ1) is 16.7. The number of amides is 1. The fourth-order valence-corrected chi connectivity index (χ4v) is 2.12. The molecule has 1 saturated heterocycles. The van der Waals surface area contributed by atoms with Gasteiger partial charge in [-0.1, -0.05) is 6.07 Å². The van der Waals surface area contributed by atoms with Crippen molar-refractivity contribution in [3.63, 3.8) is 0 Å². The summed E-state index contributed by atoms with van der Waals surface area (Å²) >= 11 is 0. The minimum absolute atomic E-state index is 0. The van der Waals surface area contributed by atoms with Crippen molar-refractivity contribution in [1.29, 1.82) is 0 Å². The number of rotatable bonds is 5. The van der Waals surface area contributed by atoms with Gasteiger partial charge in [-0.2, -0.15) is 8.78 Å². The maximum atomic E-state index is 12.1. The average molecular weight is 307 g/mol. The van der Waals surface area contributed by atoms with Gasteiger partial charge in [-0.3, -0.25) is 4.79 Å². The number of hydrogen-bond acceptors (Lipinski definition) is 3. The van der Waals surface area contributed by atoms with Crippen LogP contribution in [0.15, 0.2) is 24.3 Å². The number of ether oxygens (including phenoxy) is 1. The van der Waals surface area contributed by atoms with Crippen LogP contribution in [0.4, 0.5) is 14.5 Å². The zero-order valence-electron chi connectivity index (χ0n) is 10.8. The summed E-state index contributed by atoms with van der Waals surface area (Å²) in [6.07, 6.45) is 2.46. The molecule has 0 spiro atoms. The third-order valence-electron chi connectivity index (χ3n) is 2.94. The number of anilines is 1. The second kappa shape index (κ2) is 8.01. The molecule has 1 atom stereocenters. The number of nitrogens with one attached hydrogen (secondary N) is 2. The lowest BCUT2D eigenvalue weighted by molar-refractivity contribution is -0.116. The van der Waals surface area contributed by atoms with Crippen LogP contribution in [0.5, 0.6) is 5.75 Å². The van der Waals surface area contributed by atoms with Gasteiger partial charge in [-0.15, -0.1) is 12.4 Å². The lowest BCUT2D eigenvalue weighted by atomic mass is 10.1. The second-order valence-corrected chi connectivity index (χ2v) is 4.45. The average Bonchev–Trinajstić information content (AvgIpc) is 2.81. The Bertz CT molecular complexity index is 440. The fourth-order valence-electron chi connectivity index (χ4n) is 2.12. The molecular weight excluding hydrogens is 290 g/mol. The molecular formula is C13H17ClF2N2O2. The molecule has 112 valence electrons. The van der Waals surface area contributed by atoms with Crippen molar-refractivity contribution in [2.45, 2.75) is 31.9 Å². The minimum Gasteiger partial charge on any atom is -0.435 e. The van der Waals surface area contributed by atoms with Crippen LogP contribution in [-0.4, -0.2) is 25.1 Å². The molecule has 7 heteroatoms. The van der Waals surface area contributed by atoms with Crippen LogP contribution in [0.25, 0.3) is 0 Å². The Morgan fingerprint density at radius 1 is 1.50 bits per heavy atom. The molecule has 0 bridgehead atoms. The third-order valence-corrected chi connectivity index (χ3v) is 2.94. The van der Waals surface area contributed by atoms with Crippen LogP contribution in [-0.2, 0) is 4.79 Å². The molecule has 0 aliphatic carbocycles. The van der Waals surface area contributed by atoms with Crippen LogP contribution >= 0.6 is 12.4 Å². The summed E-state index contributed by atoms with van der Waals surface area (Å²) in [6, 6.07) is 6.20. The van der Waals surface area contributed by atoms with E-state index in [-0.39, 0.29) is 30.1 Å². The molecule has 1 aromatic rings. The lowest BCUT2D eigenvalue weighted by Gasteiger charge is -2.11. The summed E-state index contributed by atoms with van der Waals surface area (Å²) in [4.78, 5) is 11.8. The minimum atomic E-state index is -2.87. The van der Waals surface area contributed by atoms with Gasteiger partial charge in [-0.25, -0.2) is 0 Å². The number of carbonyl (C=O) groups is 1. The van der Waals surface area contributed by atoms with Crippen LogP contribution in [0.2, 0.25) is 0 Å². The van der Waals surface area contributed by atoms with Crippen molar-refractivity contribution >= 4 is 24.0 Å². The van der Waals surface area contributed by atoms with Crippen LogP contribution in [0.1, 0.15) is 19.3 Å². The van der Waals surface area contributed by atoms with Gasteiger partial charge in [0.1, 0.15) is 5.75 Å². The first-order valence-electron chi connectivity index (χ1n) is 6.21. The van der Waals surface area contributed by atoms with E-state index in [1.165, 1.54) is 12.1 Å². The molecule has 1 aliphatic rings.